The molecular weight excluding hydrogens is 222 g/mol. The van der Waals surface area contributed by atoms with Crippen molar-refractivity contribution < 1.29 is 8.42 Å². The van der Waals surface area contributed by atoms with Gasteiger partial charge in [-0.25, -0.2) is 8.42 Å². The molecule has 16 heavy (non-hydrogen) atoms. The van der Waals surface area contributed by atoms with Gasteiger partial charge in [0.25, 0.3) is 0 Å². The van der Waals surface area contributed by atoms with Crippen molar-refractivity contribution in [1.82, 2.24) is 0 Å². The zero-order valence-electron chi connectivity index (χ0n) is 9.48. The molecule has 0 radical (unpaired) electrons. The number of hydrogen-bond acceptors (Lipinski definition) is 3. The van der Waals surface area contributed by atoms with Gasteiger partial charge in [-0.3, -0.25) is 0 Å². The predicted molar refractivity (Wildman–Crippen MR) is 64.3 cm³/mol. The number of sulfone groups is 1. The molecule has 1 aromatic rings. The van der Waals surface area contributed by atoms with Crippen LogP contribution in [0.5, 0.6) is 0 Å². The van der Waals surface area contributed by atoms with Gasteiger partial charge < -0.3 is 0 Å². The molecule has 0 unspecified atom stereocenters. The van der Waals surface area contributed by atoms with Crippen LogP contribution in [-0.2, 0) is 9.84 Å². The van der Waals surface area contributed by atoms with Gasteiger partial charge in [-0.05, 0) is 31.1 Å². The van der Waals surface area contributed by atoms with E-state index in [1.165, 1.54) is 6.08 Å². The van der Waals surface area contributed by atoms with Crippen LogP contribution in [-0.4, -0.2) is 14.7 Å². The molecule has 1 aromatic carbocycles. The summed E-state index contributed by atoms with van der Waals surface area (Å²) in [4.78, 5) is -0.207. The highest BCUT2D eigenvalue weighted by atomic mass is 32.2. The molecule has 3 nitrogen and oxygen atoms in total. The number of hydrogen-bond donors (Lipinski definition) is 0. The lowest BCUT2D eigenvalue weighted by Gasteiger charge is -2.02. The average Bonchev–Trinajstić information content (AvgIpc) is 2.17. The van der Waals surface area contributed by atoms with Crippen LogP contribution in [0.2, 0.25) is 0 Å². The fraction of sp³-hybridized carbons (Fsp3) is 0.250. The largest absolute Gasteiger partial charge is 0.223 e. The number of allylic oxidation sites excluding steroid dienone is 1. The Hall–Kier alpha value is -1.60. The van der Waals surface area contributed by atoms with E-state index in [4.69, 9.17) is 5.26 Å². The van der Waals surface area contributed by atoms with E-state index in [9.17, 15) is 8.42 Å². The third kappa shape index (κ3) is 2.94. The minimum atomic E-state index is -3.44. The summed E-state index contributed by atoms with van der Waals surface area (Å²) < 4.78 is 22.5. The van der Waals surface area contributed by atoms with Gasteiger partial charge in [0.1, 0.15) is 11.0 Å². The van der Waals surface area contributed by atoms with Crippen molar-refractivity contribution in [3.63, 3.8) is 0 Å². The van der Waals surface area contributed by atoms with Crippen molar-refractivity contribution in [3.05, 3.63) is 39.8 Å². The lowest BCUT2D eigenvalue weighted by Crippen LogP contribution is -1.98. The Morgan fingerprint density at radius 2 is 2.00 bits per heavy atom. The van der Waals surface area contributed by atoms with Crippen molar-refractivity contribution >= 4 is 15.9 Å². The number of rotatable bonds is 2. The highest BCUT2D eigenvalue weighted by Crippen LogP contribution is 2.16. The minimum Gasteiger partial charge on any atom is -0.223 e. The maximum Gasteiger partial charge on any atom is 0.185 e. The maximum absolute atomic E-state index is 11.3. The standard InChI is InChI=1S/C12H13NO2S/c1-9-4-5-10(2)11(6-9)7-12(8-13)16(3,14)15/h4-7H,1-3H3. The molecule has 0 N–H and O–H groups in total. The third-order valence-corrected chi connectivity index (χ3v) is 3.24. The number of aryl methyl sites for hydroxylation is 2. The smallest absolute Gasteiger partial charge is 0.185 e. The maximum atomic E-state index is 11.3. The Bertz CT molecular complexity index is 578. The molecule has 0 fully saturated rings. The predicted octanol–water partition coefficient (Wildman–Crippen LogP) is 2.21. The van der Waals surface area contributed by atoms with E-state index in [0.29, 0.717) is 0 Å². The summed E-state index contributed by atoms with van der Waals surface area (Å²) in [7, 11) is -3.44. The molecule has 0 aliphatic heterocycles. The van der Waals surface area contributed by atoms with Crippen LogP contribution < -0.4 is 0 Å². The Morgan fingerprint density at radius 1 is 1.38 bits per heavy atom. The van der Waals surface area contributed by atoms with E-state index in [1.54, 1.807) is 6.07 Å². The van der Waals surface area contributed by atoms with Gasteiger partial charge in [0.15, 0.2) is 9.84 Å². The summed E-state index contributed by atoms with van der Waals surface area (Å²) >= 11 is 0. The van der Waals surface area contributed by atoms with Gasteiger partial charge in [0.05, 0.1) is 0 Å². The Labute approximate surface area is 95.9 Å². The topological polar surface area (TPSA) is 57.9 Å². The van der Waals surface area contributed by atoms with Crippen molar-refractivity contribution in [2.24, 2.45) is 0 Å². The van der Waals surface area contributed by atoms with Crippen LogP contribution >= 0.6 is 0 Å². The average molecular weight is 235 g/mol. The van der Waals surface area contributed by atoms with Crippen molar-refractivity contribution in [2.75, 3.05) is 6.26 Å². The first-order chi connectivity index (χ1) is 7.34. The molecule has 0 atom stereocenters. The molecule has 0 spiro atoms. The fourth-order valence-electron chi connectivity index (χ4n) is 1.28. The van der Waals surface area contributed by atoms with Crippen LogP contribution in [0, 0.1) is 25.2 Å². The lowest BCUT2D eigenvalue weighted by molar-refractivity contribution is 0.609. The van der Waals surface area contributed by atoms with Crippen LogP contribution in [0.4, 0.5) is 0 Å². The minimum absolute atomic E-state index is 0.207. The third-order valence-electron chi connectivity index (χ3n) is 2.23. The van der Waals surface area contributed by atoms with Gasteiger partial charge >= 0.3 is 0 Å². The first-order valence-corrected chi connectivity index (χ1v) is 6.63. The van der Waals surface area contributed by atoms with E-state index in [0.717, 1.165) is 22.9 Å². The lowest BCUT2D eigenvalue weighted by atomic mass is 10.1. The van der Waals surface area contributed by atoms with Crippen LogP contribution in [0.15, 0.2) is 23.1 Å². The van der Waals surface area contributed by atoms with Crippen LogP contribution in [0.1, 0.15) is 16.7 Å². The molecule has 1 rings (SSSR count). The molecule has 0 bridgehead atoms. The Balaban J connectivity index is 3.37. The van der Waals surface area contributed by atoms with Crippen molar-refractivity contribution in [2.45, 2.75) is 13.8 Å². The fourth-order valence-corrected chi connectivity index (χ4v) is 1.79. The van der Waals surface area contributed by atoms with E-state index < -0.39 is 9.84 Å². The number of nitrogens with zero attached hydrogens (tertiary/aromatic N) is 1. The monoisotopic (exact) mass is 235 g/mol. The zero-order valence-corrected chi connectivity index (χ0v) is 10.3. The highest BCUT2D eigenvalue weighted by Gasteiger charge is 2.10. The summed E-state index contributed by atoms with van der Waals surface area (Å²) in [6.07, 6.45) is 2.45. The first-order valence-electron chi connectivity index (χ1n) is 4.73. The summed E-state index contributed by atoms with van der Waals surface area (Å²) in [6.45, 7) is 3.80. The molecule has 0 saturated carbocycles. The number of nitriles is 1. The van der Waals surface area contributed by atoms with Crippen molar-refractivity contribution in [3.8, 4) is 6.07 Å². The quantitative estimate of drug-likeness (QED) is 0.738. The van der Waals surface area contributed by atoms with E-state index >= 15 is 0 Å². The molecule has 84 valence electrons. The second-order valence-electron chi connectivity index (χ2n) is 3.75. The van der Waals surface area contributed by atoms with Crippen LogP contribution in [0.25, 0.3) is 6.08 Å². The van der Waals surface area contributed by atoms with Crippen LogP contribution in [0.3, 0.4) is 0 Å². The SMILES string of the molecule is Cc1ccc(C)c(C=C(C#N)S(C)(=O)=O)c1. The highest BCUT2D eigenvalue weighted by molar-refractivity contribution is 7.95. The van der Waals surface area contributed by atoms with E-state index in [-0.39, 0.29) is 4.91 Å². The molecular formula is C12H13NO2S. The number of benzene rings is 1. The van der Waals surface area contributed by atoms with E-state index in [2.05, 4.69) is 0 Å². The summed E-state index contributed by atoms with van der Waals surface area (Å²) in [6, 6.07) is 7.41. The Morgan fingerprint density at radius 3 is 2.50 bits per heavy atom. The van der Waals surface area contributed by atoms with Gasteiger partial charge in [-0.2, -0.15) is 5.26 Å². The summed E-state index contributed by atoms with van der Waals surface area (Å²) in [5.74, 6) is 0. The first kappa shape index (κ1) is 12.5. The molecule has 0 aliphatic rings. The van der Waals surface area contributed by atoms with Gasteiger partial charge in [-0.1, -0.05) is 23.8 Å². The molecule has 0 heterocycles. The normalized spacial score (nSPS) is 12.2. The molecule has 0 saturated heterocycles. The van der Waals surface area contributed by atoms with Crippen molar-refractivity contribution in [1.29, 1.82) is 5.26 Å². The molecule has 0 aliphatic carbocycles. The van der Waals surface area contributed by atoms with E-state index in [1.807, 2.05) is 32.0 Å². The summed E-state index contributed by atoms with van der Waals surface area (Å²) in [5, 5.41) is 8.79. The van der Waals surface area contributed by atoms with Gasteiger partial charge in [-0.15, -0.1) is 0 Å². The molecule has 0 aromatic heterocycles. The summed E-state index contributed by atoms with van der Waals surface area (Å²) in [5.41, 5.74) is 2.74. The second-order valence-corrected chi connectivity index (χ2v) is 5.74. The second kappa shape index (κ2) is 4.50. The molecule has 0 amide bonds. The zero-order chi connectivity index (χ0) is 12.3. The van der Waals surface area contributed by atoms with Gasteiger partial charge in [0.2, 0.25) is 0 Å². The Kier molecular flexibility index (Phi) is 3.51. The van der Waals surface area contributed by atoms with Gasteiger partial charge in [0, 0.05) is 6.26 Å². The molecule has 4 heteroatoms.